The molecular weight excluding hydrogens is 376 g/mol. The Balaban J connectivity index is 2.11. The van der Waals surface area contributed by atoms with Crippen LogP contribution in [0.3, 0.4) is 0 Å². The first-order chi connectivity index (χ1) is 13.9. The summed E-state index contributed by atoms with van der Waals surface area (Å²) in [6.45, 7) is 1.98. The predicted molar refractivity (Wildman–Crippen MR) is 108 cm³/mol. The maximum absolute atomic E-state index is 14.1. The van der Waals surface area contributed by atoms with Crippen molar-refractivity contribution >= 4 is 16.9 Å². The molecule has 152 valence electrons. The van der Waals surface area contributed by atoms with E-state index in [1.807, 2.05) is 6.92 Å². The molecule has 0 aliphatic heterocycles. The lowest BCUT2D eigenvalue weighted by molar-refractivity contribution is -0.141. The number of para-hydroxylation sites is 1. The SMILES string of the molecule is CCCCC(C(=O)O)n1c(CCc2cccc(F)c2F)cc(=O)c2ccccc21. The van der Waals surface area contributed by atoms with E-state index in [4.69, 9.17) is 0 Å². The lowest BCUT2D eigenvalue weighted by atomic mass is 10.0. The van der Waals surface area contributed by atoms with Gasteiger partial charge in [0.2, 0.25) is 0 Å². The second-order valence-electron chi connectivity index (χ2n) is 7.10. The van der Waals surface area contributed by atoms with Crippen LogP contribution >= 0.6 is 0 Å². The Bertz CT molecular complexity index is 1090. The smallest absolute Gasteiger partial charge is 0.326 e. The maximum atomic E-state index is 14.1. The molecule has 0 aliphatic carbocycles. The molecule has 1 unspecified atom stereocenters. The van der Waals surface area contributed by atoms with Gasteiger partial charge in [0.1, 0.15) is 6.04 Å². The van der Waals surface area contributed by atoms with Crippen LogP contribution in [0, 0.1) is 11.6 Å². The summed E-state index contributed by atoms with van der Waals surface area (Å²) in [5.41, 5.74) is 1.02. The Hall–Kier alpha value is -3.02. The summed E-state index contributed by atoms with van der Waals surface area (Å²) in [6, 6.07) is 11.4. The van der Waals surface area contributed by atoms with Gasteiger partial charge < -0.3 is 9.67 Å². The van der Waals surface area contributed by atoms with Crippen LogP contribution < -0.4 is 5.43 Å². The number of aryl methyl sites for hydroxylation is 2. The summed E-state index contributed by atoms with van der Waals surface area (Å²) in [6.07, 6.45) is 2.35. The zero-order valence-corrected chi connectivity index (χ0v) is 16.2. The van der Waals surface area contributed by atoms with Gasteiger partial charge in [-0.25, -0.2) is 13.6 Å². The number of carboxylic acids is 1. The van der Waals surface area contributed by atoms with Crippen LogP contribution in [-0.4, -0.2) is 15.6 Å². The van der Waals surface area contributed by atoms with Crippen molar-refractivity contribution < 1.29 is 18.7 Å². The van der Waals surface area contributed by atoms with Gasteiger partial charge in [-0.1, -0.05) is 44.0 Å². The Morgan fingerprint density at radius 3 is 2.59 bits per heavy atom. The molecule has 0 spiro atoms. The number of halogens is 2. The largest absolute Gasteiger partial charge is 0.480 e. The van der Waals surface area contributed by atoms with E-state index in [1.165, 1.54) is 18.2 Å². The highest BCUT2D eigenvalue weighted by Crippen LogP contribution is 2.25. The number of aliphatic carboxylic acids is 1. The van der Waals surface area contributed by atoms with E-state index in [-0.39, 0.29) is 23.8 Å². The van der Waals surface area contributed by atoms with Gasteiger partial charge in [0, 0.05) is 17.1 Å². The van der Waals surface area contributed by atoms with Gasteiger partial charge in [-0.05, 0) is 43.0 Å². The van der Waals surface area contributed by atoms with Crippen LogP contribution in [0.25, 0.3) is 10.9 Å². The molecule has 2 aromatic carbocycles. The number of carboxylic acid groups (broad SMARTS) is 1. The van der Waals surface area contributed by atoms with E-state index in [0.717, 1.165) is 18.9 Å². The van der Waals surface area contributed by atoms with Gasteiger partial charge in [-0.2, -0.15) is 0 Å². The summed E-state index contributed by atoms with van der Waals surface area (Å²) in [4.78, 5) is 24.6. The molecule has 3 aromatic rings. The fourth-order valence-electron chi connectivity index (χ4n) is 3.67. The fourth-order valence-corrected chi connectivity index (χ4v) is 3.67. The third-order valence-corrected chi connectivity index (χ3v) is 5.15. The van der Waals surface area contributed by atoms with Crippen molar-refractivity contribution in [1.82, 2.24) is 4.57 Å². The van der Waals surface area contributed by atoms with Crippen LogP contribution in [0.5, 0.6) is 0 Å². The van der Waals surface area contributed by atoms with E-state index in [0.29, 0.717) is 23.0 Å². The van der Waals surface area contributed by atoms with Crippen LogP contribution in [0.2, 0.25) is 0 Å². The predicted octanol–water partition coefficient (Wildman–Crippen LogP) is 4.88. The first-order valence-electron chi connectivity index (χ1n) is 9.73. The van der Waals surface area contributed by atoms with Crippen molar-refractivity contribution in [1.29, 1.82) is 0 Å². The number of fused-ring (bicyclic) bond motifs is 1. The molecule has 6 heteroatoms. The number of hydrogen-bond acceptors (Lipinski definition) is 2. The minimum absolute atomic E-state index is 0.154. The first kappa shape index (κ1) is 20.7. The van der Waals surface area contributed by atoms with E-state index in [2.05, 4.69) is 0 Å². The van der Waals surface area contributed by atoms with Crippen LogP contribution in [0.1, 0.15) is 43.5 Å². The topological polar surface area (TPSA) is 59.3 Å². The van der Waals surface area contributed by atoms with Crippen molar-refractivity contribution in [2.45, 2.75) is 45.1 Å². The Kier molecular flexibility index (Phi) is 6.42. The molecule has 3 rings (SSSR count). The molecule has 1 heterocycles. The lowest BCUT2D eigenvalue weighted by Gasteiger charge is -2.23. The zero-order valence-electron chi connectivity index (χ0n) is 16.2. The maximum Gasteiger partial charge on any atom is 0.326 e. The molecule has 29 heavy (non-hydrogen) atoms. The van der Waals surface area contributed by atoms with Crippen molar-refractivity contribution in [3.8, 4) is 0 Å². The summed E-state index contributed by atoms with van der Waals surface area (Å²) in [5, 5.41) is 10.3. The van der Waals surface area contributed by atoms with E-state index >= 15 is 0 Å². The minimum Gasteiger partial charge on any atom is -0.480 e. The van der Waals surface area contributed by atoms with Gasteiger partial charge >= 0.3 is 5.97 Å². The molecule has 0 radical (unpaired) electrons. The Morgan fingerprint density at radius 1 is 1.10 bits per heavy atom. The van der Waals surface area contributed by atoms with E-state index < -0.39 is 23.6 Å². The molecule has 0 saturated heterocycles. The molecule has 0 bridgehead atoms. The van der Waals surface area contributed by atoms with E-state index in [9.17, 15) is 23.5 Å². The number of pyridine rings is 1. The number of hydrogen-bond donors (Lipinski definition) is 1. The van der Waals surface area contributed by atoms with E-state index in [1.54, 1.807) is 28.8 Å². The highest BCUT2D eigenvalue weighted by Gasteiger charge is 2.23. The highest BCUT2D eigenvalue weighted by molar-refractivity contribution is 5.82. The normalized spacial score (nSPS) is 12.2. The summed E-state index contributed by atoms with van der Waals surface area (Å²) in [7, 11) is 0. The molecule has 0 aliphatic rings. The van der Waals surface area contributed by atoms with Crippen molar-refractivity contribution in [2.24, 2.45) is 0 Å². The molecule has 1 N–H and O–H groups in total. The molecule has 0 fully saturated rings. The third kappa shape index (κ3) is 4.36. The molecule has 1 atom stereocenters. The van der Waals surface area contributed by atoms with Gasteiger partial charge in [-0.3, -0.25) is 4.79 Å². The monoisotopic (exact) mass is 399 g/mol. The van der Waals surface area contributed by atoms with Gasteiger partial charge in [0.25, 0.3) is 0 Å². The van der Waals surface area contributed by atoms with Crippen molar-refractivity contribution in [3.63, 3.8) is 0 Å². The van der Waals surface area contributed by atoms with Crippen LogP contribution in [-0.2, 0) is 17.6 Å². The van der Waals surface area contributed by atoms with Crippen molar-refractivity contribution in [3.05, 3.63) is 81.6 Å². The average Bonchev–Trinajstić information content (AvgIpc) is 2.71. The van der Waals surface area contributed by atoms with Crippen LogP contribution in [0.15, 0.2) is 53.3 Å². The average molecular weight is 399 g/mol. The Labute approximate surface area is 167 Å². The summed E-state index contributed by atoms with van der Waals surface area (Å²) in [5.74, 6) is -2.82. The number of unbranched alkanes of at least 4 members (excludes halogenated alkanes) is 1. The minimum atomic E-state index is -0.981. The zero-order chi connectivity index (χ0) is 21.0. The standard InChI is InChI=1S/C23H23F2NO3/c1-2-3-10-20(23(28)29)26-16(13-12-15-7-6-9-18(24)22(15)25)14-21(27)17-8-4-5-11-19(17)26/h4-9,11,14,20H,2-3,10,12-13H2,1H3,(H,28,29). The highest BCUT2D eigenvalue weighted by atomic mass is 19.2. The van der Waals surface area contributed by atoms with Gasteiger partial charge in [-0.15, -0.1) is 0 Å². The fraction of sp³-hybridized carbons (Fsp3) is 0.304. The molecule has 0 saturated carbocycles. The van der Waals surface area contributed by atoms with Gasteiger partial charge in [0.05, 0.1) is 5.52 Å². The number of nitrogens with zero attached hydrogens (tertiary/aromatic N) is 1. The second kappa shape index (κ2) is 8.99. The molecular formula is C23H23F2NO3. The summed E-state index contributed by atoms with van der Waals surface area (Å²) >= 11 is 0. The first-order valence-corrected chi connectivity index (χ1v) is 9.73. The van der Waals surface area contributed by atoms with Crippen molar-refractivity contribution in [2.75, 3.05) is 0 Å². The second-order valence-corrected chi connectivity index (χ2v) is 7.10. The third-order valence-electron chi connectivity index (χ3n) is 5.15. The molecule has 4 nitrogen and oxygen atoms in total. The molecule has 0 amide bonds. The summed E-state index contributed by atoms with van der Waals surface area (Å²) < 4.78 is 29.2. The van der Waals surface area contributed by atoms with Crippen LogP contribution in [0.4, 0.5) is 8.78 Å². The molecule has 1 aromatic heterocycles. The Morgan fingerprint density at radius 2 is 1.86 bits per heavy atom. The van der Waals surface area contributed by atoms with Gasteiger partial charge in [0.15, 0.2) is 17.1 Å². The quantitative estimate of drug-likeness (QED) is 0.587. The number of aromatic nitrogens is 1. The number of rotatable bonds is 8. The lowest BCUT2D eigenvalue weighted by Crippen LogP contribution is -2.25. The number of carbonyl (C=O) groups is 1. The number of benzene rings is 2.